The van der Waals surface area contributed by atoms with E-state index >= 15 is 0 Å². The van der Waals surface area contributed by atoms with Crippen molar-refractivity contribution in [2.24, 2.45) is 5.92 Å². The summed E-state index contributed by atoms with van der Waals surface area (Å²) in [5.41, 5.74) is 6.43. The van der Waals surface area contributed by atoms with Crippen LogP contribution in [0.5, 0.6) is 0 Å². The molecule has 1 aromatic heterocycles. The third kappa shape index (κ3) is 6.66. The Hall–Kier alpha value is -4.15. The Morgan fingerprint density at radius 1 is 0.970 bits per heavy atom. The van der Waals surface area contributed by atoms with E-state index in [-0.39, 0.29) is 35.8 Å². The number of nitrogens with one attached hydrogen (secondary N) is 2. The number of rotatable bonds is 8. The van der Waals surface area contributed by atoms with Crippen LogP contribution >= 0.6 is 0 Å². The standard InChI is InChI=1S/C22H22F2N6O3/c1-12(2)18(29-19(31)13-3-5-14(23)6-4-13)20(32)33-11-17-27-21(25)30-22(28-17)26-16-9-7-15(24)8-10-16/h3-10,12,18H,11H2,1-2H3,(H,29,31)(H3,25,26,27,28,30). The van der Waals surface area contributed by atoms with Crippen LogP contribution in [0.2, 0.25) is 0 Å². The van der Waals surface area contributed by atoms with Crippen molar-refractivity contribution in [2.75, 3.05) is 11.1 Å². The molecule has 0 radical (unpaired) electrons. The largest absolute Gasteiger partial charge is 0.456 e. The summed E-state index contributed by atoms with van der Waals surface area (Å²) in [6, 6.07) is 9.49. The molecular weight excluding hydrogens is 434 g/mol. The van der Waals surface area contributed by atoms with E-state index in [2.05, 4.69) is 25.6 Å². The van der Waals surface area contributed by atoms with Crippen molar-refractivity contribution >= 4 is 29.5 Å². The molecule has 1 heterocycles. The molecule has 172 valence electrons. The number of esters is 1. The number of hydrogen-bond donors (Lipinski definition) is 3. The summed E-state index contributed by atoms with van der Waals surface area (Å²) in [5.74, 6) is -2.34. The number of nitrogens with zero attached hydrogens (tertiary/aromatic N) is 3. The van der Waals surface area contributed by atoms with Gasteiger partial charge in [-0.1, -0.05) is 13.8 Å². The molecule has 0 fully saturated rings. The number of carbonyl (C=O) groups excluding carboxylic acids is 2. The fraction of sp³-hybridized carbons (Fsp3) is 0.227. The summed E-state index contributed by atoms with van der Waals surface area (Å²) < 4.78 is 31.4. The molecule has 33 heavy (non-hydrogen) atoms. The SMILES string of the molecule is CC(C)C(NC(=O)c1ccc(F)cc1)C(=O)OCc1nc(N)nc(Nc2ccc(F)cc2)n1. The van der Waals surface area contributed by atoms with Crippen molar-refractivity contribution in [2.45, 2.75) is 26.5 Å². The summed E-state index contributed by atoms with van der Waals surface area (Å²) in [6.45, 7) is 3.16. The monoisotopic (exact) mass is 456 g/mol. The van der Waals surface area contributed by atoms with Gasteiger partial charge in [0.15, 0.2) is 12.4 Å². The third-order valence-corrected chi connectivity index (χ3v) is 4.46. The number of benzene rings is 2. The van der Waals surface area contributed by atoms with Gasteiger partial charge in [0.2, 0.25) is 11.9 Å². The fourth-order valence-electron chi connectivity index (χ4n) is 2.77. The summed E-state index contributed by atoms with van der Waals surface area (Å²) in [4.78, 5) is 37.1. The Labute approximate surface area is 188 Å². The first kappa shape index (κ1) is 23.5. The highest BCUT2D eigenvalue weighted by atomic mass is 19.1. The Morgan fingerprint density at radius 2 is 1.58 bits per heavy atom. The quantitative estimate of drug-likeness (QED) is 0.441. The molecule has 1 atom stereocenters. The van der Waals surface area contributed by atoms with Crippen LogP contribution in [-0.2, 0) is 16.1 Å². The smallest absolute Gasteiger partial charge is 0.329 e. The lowest BCUT2D eigenvalue weighted by Crippen LogP contribution is -2.45. The molecule has 0 saturated carbocycles. The van der Waals surface area contributed by atoms with Crippen LogP contribution < -0.4 is 16.4 Å². The van der Waals surface area contributed by atoms with E-state index in [1.165, 1.54) is 36.4 Å². The Kier molecular flexibility index (Phi) is 7.44. The van der Waals surface area contributed by atoms with Crippen LogP contribution in [0, 0.1) is 17.6 Å². The highest BCUT2D eigenvalue weighted by molar-refractivity contribution is 5.96. The molecule has 0 bridgehead atoms. The number of halogens is 2. The second-order valence-electron chi connectivity index (χ2n) is 7.38. The third-order valence-electron chi connectivity index (χ3n) is 4.46. The second kappa shape index (κ2) is 10.4. The zero-order valence-corrected chi connectivity index (χ0v) is 17.9. The average Bonchev–Trinajstić information content (AvgIpc) is 2.77. The van der Waals surface area contributed by atoms with Crippen LogP contribution in [0.4, 0.5) is 26.4 Å². The van der Waals surface area contributed by atoms with Crippen molar-refractivity contribution in [1.29, 1.82) is 0 Å². The minimum absolute atomic E-state index is 0.0767. The predicted octanol–water partition coefficient (Wildman–Crippen LogP) is 2.97. The zero-order chi connectivity index (χ0) is 24.0. The van der Waals surface area contributed by atoms with Gasteiger partial charge in [-0.05, 0) is 54.4 Å². The van der Waals surface area contributed by atoms with E-state index in [1.807, 2.05) is 0 Å². The summed E-state index contributed by atoms with van der Waals surface area (Å²) in [6.07, 6.45) is 0. The Morgan fingerprint density at radius 3 is 2.18 bits per heavy atom. The van der Waals surface area contributed by atoms with Crippen LogP contribution in [0.3, 0.4) is 0 Å². The van der Waals surface area contributed by atoms with Gasteiger partial charge >= 0.3 is 5.97 Å². The van der Waals surface area contributed by atoms with Crippen LogP contribution in [-0.4, -0.2) is 32.9 Å². The first-order valence-electron chi connectivity index (χ1n) is 9.97. The van der Waals surface area contributed by atoms with Crippen molar-refractivity contribution in [3.05, 3.63) is 71.6 Å². The normalized spacial score (nSPS) is 11.7. The summed E-state index contributed by atoms with van der Waals surface area (Å²) in [7, 11) is 0. The second-order valence-corrected chi connectivity index (χ2v) is 7.38. The number of carbonyl (C=O) groups is 2. The number of aromatic nitrogens is 3. The van der Waals surface area contributed by atoms with Crippen LogP contribution in [0.1, 0.15) is 30.0 Å². The number of ether oxygens (including phenoxy) is 1. The molecule has 2 aromatic carbocycles. The zero-order valence-electron chi connectivity index (χ0n) is 17.9. The molecule has 9 nitrogen and oxygen atoms in total. The predicted molar refractivity (Wildman–Crippen MR) is 116 cm³/mol. The van der Waals surface area contributed by atoms with Gasteiger partial charge in [0, 0.05) is 11.3 Å². The minimum atomic E-state index is -0.960. The minimum Gasteiger partial charge on any atom is -0.456 e. The first-order valence-corrected chi connectivity index (χ1v) is 9.97. The van der Waals surface area contributed by atoms with Gasteiger partial charge in [-0.3, -0.25) is 4.79 Å². The lowest BCUT2D eigenvalue weighted by molar-refractivity contribution is -0.148. The highest BCUT2D eigenvalue weighted by Gasteiger charge is 2.26. The Balaban J connectivity index is 1.64. The molecule has 3 aromatic rings. The number of anilines is 3. The van der Waals surface area contributed by atoms with Crippen LogP contribution in [0.25, 0.3) is 0 Å². The summed E-state index contributed by atoms with van der Waals surface area (Å²) in [5, 5.41) is 5.45. The van der Waals surface area contributed by atoms with Crippen LogP contribution in [0.15, 0.2) is 48.5 Å². The molecule has 0 aliphatic carbocycles. The van der Waals surface area contributed by atoms with Gasteiger partial charge in [-0.25, -0.2) is 13.6 Å². The molecule has 0 spiro atoms. The average molecular weight is 456 g/mol. The van der Waals surface area contributed by atoms with Gasteiger partial charge in [0.1, 0.15) is 17.7 Å². The van der Waals surface area contributed by atoms with Gasteiger partial charge in [0.05, 0.1) is 0 Å². The van der Waals surface area contributed by atoms with Crippen molar-refractivity contribution in [3.63, 3.8) is 0 Å². The Bertz CT molecular complexity index is 1120. The maximum absolute atomic E-state index is 13.1. The van der Waals surface area contributed by atoms with Gasteiger partial charge in [-0.2, -0.15) is 15.0 Å². The molecular formula is C22H22F2N6O3. The van der Waals surface area contributed by atoms with E-state index < -0.39 is 29.6 Å². The lowest BCUT2D eigenvalue weighted by Gasteiger charge is -2.20. The number of amides is 1. The van der Waals surface area contributed by atoms with Gasteiger partial charge < -0.3 is 21.1 Å². The molecule has 4 N–H and O–H groups in total. The molecule has 1 unspecified atom stereocenters. The lowest BCUT2D eigenvalue weighted by atomic mass is 10.0. The molecule has 3 rings (SSSR count). The first-order chi connectivity index (χ1) is 15.7. The number of nitrogens with two attached hydrogens (primary N) is 1. The highest BCUT2D eigenvalue weighted by Crippen LogP contribution is 2.15. The molecule has 0 aliphatic heterocycles. The fourth-order valence-corrected chi connectivity index (χ4v) is 2.77. The van der Waals surface area contributed by atoms with Crippen molar-refractivity contribution < 1.29 is 23.1 Å². The van der Waals surface area contributed by atoms with E-state index in [4.69, 9.17) is 10.5 Å². The molecule has 1 amide bonds. The van der Waals surface area contributed by atoms with E-state index in [0.29, 0.717) is 5.69 Å². The van der Waals surface area contributed by atoms with Crippen molar-refractivity contribution in [3.8, 4) is 0 Å². The maximum atomic E-state index is 13.1. The molecule has 0 saturated heterocycles. The van der Waals surface area contributed by atoms with E-state index in [0.717, 1.165) is 12.1 Å². The number of nitrogen functional groups attached to an aromatic ring is 1. The summed E-state index contributed by atoms with van der Waals surface area (Å²) >= 11 is 0. The van der Waals surface area contributed by atoms with Gasteiger partial charge in [-0.15, -0.1) is 0 Å². The number of hydrogen-bond acceptors (Lipinski definition) is 8. The maximum Gasteiger partial charge on any atom is 0.329 e. The van der Waals surface area contributed by atoms with E-state index in [9.17, 15) is 18.4 Å². The molecule has 11 heteroatoms. The van der Waals surface area contributed by atoms with Gasteiger partial charge in [0.25, 0.3) is 5.91 Å². The van der Waals surface area contributed by atoms with E-state index in [1.54, 1.807) is 13.8 Å². The molecule has 0 aliphatic rings. The van der Waals surface area contributed by atoms with Crippen molar-refractivity contribution in [1.82, 2.24) is 20.3 Å². The topological polar surface area (TPSA) is 132 Å².